The van der Waals surface area contributed by atoms with Gasteiger partial charge >= 0.3 is 5.97 Å². The summed E-state index contributed by atoms with van der Waals surface area (Å²) in [7, 11) is 0. The van der Waals surface area contributed by atoms with Gasteiger partial charge in [-0.1, -0.05) is 61.5 Å². The van der Waals surface area contributed by atoms with E-state index in [-0.39, 0.29) is 5.97 Å². The second kappa shape index (κ2) is 8.40. The van der Waals surface area contributed by atoms with Crippen LogP contribution in [0.2, 0.25) is 0 Å². The van der Waals surface area contributed by atoms with Crippen molar-refractivity contribution < 1.29 is 9.53 Å². The summed E-state index contributed by atoms with van der Waals surface area (Å²) in [4.78, 5) is 17.0. The molecular weight excluding hydrogens is 312 g/mol. The molecule has 0 aliphatic rings. The van der Waals surface area contributed by atoms with Gasteiger partial charge in [-0.15, -0.1) is 0 Å². The van der Waals surface area contributed by atoms with E-state index >= 15 is 0 Å². The van der Waals surface area contributed by atoms with Crippen molar-refractivity contribution >= 4 is 16.7 Å². The molecule has 0 radical (unpaired) electrons. The van der Waals surface area contributed by atoms with Crippen LogP contribution in [0.4, 0.5) is 0 Å². The minimum Gasteiger partial charge on any atom is -0.462 e. The Morgan fingerprint density at radius 3 is 2.52 bits per heavy atom. The maximum Gasteiger partial charge on any atom is 0.340 e. The van der Waals surface area contributed by atoms with E-state index in [1.54, 1.807) is 6.20 Å². The highest BCUT2D eigenvalue weighted by atomic mass is 16.5. The maximum atomic E-state index is 12.5. The lowest BCUT2D eigenvalue weighted by Crippen LogP contribution is -2.17. The highest BCUT2D eigenvalue weighted by Gasteiger charge is 2.15. The molecule has 1 aromatic heterocycles. The summed E-state index contributed by atoms with van der Waals surface area (Å²) in [5.74, 6) is -0.320. The van der Waals surface area contributed by atoms with Crippen molar-refractivity contribution in [3.63, 3.8) is 0 Å². The third kappa shape index (κ3) is 4.03. The van der Waals surface area contributed by atoms with Crippen molar-refractivity contribution in [2.75, 3.05) is 19.7 Å². The van der Waals surface area contributed by atoms with Crippen LogP contribution in [0.3, 0.4) is 0 Å². The second-order valence-electron chi connectivity index (χ2n) is 5.78. The van der Waals surface area contributed by atoms with Gasteiger partial charge in [0.15, 0.2) is 0 Å². The van der Waals surface area contributed by atoms with Crippen molar-refractivity contribution in [3.05, 3.63) is 66.4 Å². The van der Waals surface area contributed by atoms with Crippen LogP contribution < -0.4 is 5.32 Å². The number of pyridine rings is 1. The van der Waals surface area contributed by atoms with Gasteiger partial charge in [-0.25, -0.2) is 4.79 Å². The molecule has 0 fully saturated rings. The lowest BCUT2D eigenvalue weighted by atomic mass is 10.0. The smallest absolute Gasteiger partial charge is 0.340 e. The Bertz CT molecular complexity index is 847. The largest absolute Gasteiger partial charge is 0.462 e. The fraction of sp³-hybridized carbons (Fsp3) is 0.238. The van der Waals surface area contributed by atoms with E-state index in [1.165, 1.54) is 0 Å². The molecule has 0 saturated carbocycles. The number of carbonyl (C=O) groups excluding carboxylic acids is 1. The van der Waals surface area contributed by atoms with E-state index < -0.39 is 0 Å². The average molecular weight is 334 g/mol. The summed E-state index contributed by atoms with van der Waals surface area (Å²) in [6.07, 6.45) is 2.42. The van der Waals surface area contributed by atoms with E-state index in [2.05, 4.69) is 17.2 Å². The standard InChI is InChI=1S/C21H22N2O2/c1-2-22-13-8-14-25-21(24)19-15-23-20(16-9-4-3-5-10-16)18-12-7-6-11-17(18)19/h3-7,9-12,15,22H,2,8,13-14H2,1H3. The van der Waals surface area contributed by atoms with Crippen molar-refractivity contribution in [1.29, 1.82) is 0 Å². The van der Waals surface area contributed by atoms with Crippen molar-refractivity contribution in [3.8, 4) is 11.3 Å². The van der Waals surface area contributed by atoms with Crippen molar-refractivity contribution in [2.45, 2.75) is 13.3 Å². The molecule has 0 amide bonds. The van der Waals surface area contributed by atoms with Crippen LogP contribution in [-0.4, -0.2) is 30.6 Å². The Morgan fingerprint density at radius 2 is 1.76 bits per heavy atom. The fourth-order valence-electron chi connectivity index (χ4n) is 2.80. The predicted molar refractivity (Wildman–Crippen MR) is 101 cm³/mol. The zero-order valence-electron chi connectivity index (χ0n) is 14.4. The number of hydrogen-bond donors (Lipinski definition) is 1. The third-order valence-corrected chi connectivity index (χ3v) is 4.04. The third-order valence-electron chi connectivity index (χ3n) is 4.04. The van der Waals surface area contributed by atoms with E-state index in [4.69, 9.17) is 4.74 Å². The van der Waals surface area contributed by atoms with E-state index in [0.717, 1.165) is 41.5 Å². The van der Waals surface area contributed by atoms with Gasteiger partial charge in [0, 0.05) is 17.1 Å². The number of hydrogen-bond acceptors (Lipinski definition) is 4. The van der Waals surface area contributed by atoms with Gasteiger partial charge in [0.2, 0.25) is 0 Å². The van der Waals surface area contributed by atoms with Crippen LogP contribution in [-0.2, 0) is 4.74 Å². The van der Waals surface area contributed by atoms with Gasteiger partial charge in [0.25, 0.3) is 0 Å². The number of ether oxygens (including phenoxy) is 1. The summed E-state index contributed by atoms with van der Waals surface area (Å²) >= 11 is 0. The van der Waals surface area contributed by atoms with Crippen LogP contribution in [0.25, 0.3) is 22.0 Å². The molecule has 4 heteroatoms. The van der Waals surface area contributed by atoms with Crippen molar-refractivity contribution in [2.24, 2.45) is 0 Å². The quantitative estimate of drug-likeness (QED) is 0.523. The lowest BCUT2D eigenvalue weighted by molar-refractivity contribution is 0.0503. The molecule has 0 unspecified atom stereocenters. The Labute approximate surface area is 147 Å². The van der Waals surface area contributed by atoms with Gasteiger partial charge in [0.1, 0.15) is 0 Å². The van der Waals surface area contributed by atoms with Crippen molar-refractivity contribution in [1.82, 2.24) is 10.3 Å². The SMILES string of the molecule is CCNCCCOC(=O)c1cnc(-c2ccccc2)c2ccccc12. The van der Waals surface area contributed by atoms with E-state index in [0.29, 0.717) is 12.2 Å². The van der Waals surface area contributed by atoms with Gasteiger partial charge < -0.3 is 10.1 Å². The molecule has 25 heavy (non-hydrogen) atoms. The van der Waals surface area contributed by atoms with Gasteiger partial charge in [-0.3, -0.25) is 4.98 Å². The first-order valence-corrected chi connectivity index (χ1v) is 8.62. The first-order valence-electron chi connectivity index (χ1n) is 8.62. The number of nitrogens with one attached hydrogen (secondary N) is 1. The first kappa shape index (κ1) is 17.1. The zero-order valence-corrected chi connectivity index (χ0v) is 14.4. The van der Waals surface area contributed by atoms with E-state index in [1.807, 2.05) is 54.6 Å². The average Bonchev–Trinajstić information content (AvgIpc) is 2.67. The Balaban J connectivity index is 1.87. The number of carbonyl (C=O) groups is 1. The Morgan fingerprint density at radius 1 is 1.04 bits per heavy atom. The van der Waals surface area contributed by atoms with Crippen LogP contribution in [0, 0.1) is 0 Å². The summed E-state index contributed by atoms with van der Waals surface area (Å²) in [5.41, 5.74) is 2.42. The summed E-state index contributed by atoms with van der Waals surface area (Å²) in [6.45, 7) is 4.22. The molecule has 0 spiro atoms. The minimum atomic E-state index is -0.320. The number of benzene rings is 2. The second-order valence-corrected chi connectivity index (χ2v) is 5.78. The van der Waals surface area contributed by atoms with E-state index in [9.17, 15) is 4.79 Å². The topological polar surface area (TPSA) is 51.2 Å². The Hall–Kier alpha value is -2.72. The molecular formula is C21H22N2O2. The first-order chi connectivity index (χ1) is 12.3. The molecule has 128 valence electrons. The monoisotopic (exact) mass is 334 g/mol. The molecule has 0 saturated heterocycles. The molecule has 3 aromatic rings. The van der Waals surface area contributed by atoms with Crippen LogP contribution >= 0.6 is 0 Å². The number of aromatic nitrogens is 1. The van der Waals surface area contributed by atoms with Crippen LogP contribution in [0.1, 0.15) is 23.7 Å². The highest BCUT2D eigenvalue weighted by molar-refractivity contribution is 6.07. The fourth-order valence-corrected chi connectivity index (χ4v) is 2.80. The molecule has 0 aliphatic carbocycles. The molecule has 2 aromatic carbocycles. The number of rotatable bonds is 7. The number of nitrogens with zero attached hydrogens (tertiary/aromatic N) is 1. The molecule has 0 bridgehead atoms. The molecule has 3 rings (SSSR count). The van der Waals surface area contributed by atoms with Gasteiger partial charge in [-0.2, -0.15) is 0 Å². The maximum absolute atomic E-state index is 12.5. The zero-order chi connectivity index (χ0) is 17.5. The molecule has 4 nitrogen and oxygen atoms in total. The summed E-state index contributed by atoms with van der Waals surface area (Å²) in [6, 6.07) is 17.8. The molecule has 0 atom stereocenters. The lowest BCUT2D eigenvalue weighted by Gasteiger charge is -2.11. The van der Waals surface area contributed by atoms with Gasteiger partial charge in [0.05, 0.1) is 17.9 Å². The highest BCUT2D eigenvalue weighted by Crippen LogP contribution is 2.28. The molecule has 1 N–H and O–H groups in total. The number of fused-ring (bicyclic) bond motifs is 1. The summed E-state index contributed by atoms with van der Waals surface area (Å²) in [5, 5.41) is 5.04. The predicted octanol–water partition coefficient (Wildman–Crippen LogP) is 4.06. The molecule has 1 heterocycles. The number of esters is 1. The summed E-state index contributed by atoms with van der Waals surface area (Å²) < 4.78 is 5.41. The van der Waals surface area contributed by atoms with Crippen LogP contribution in [0.15, 0.2) is 60.8 Å². The van der Waals surface area contributed by atoms with Crippen LogP contribution in [0.5, 0.6) is 0 Å². The Kier molecular flexibility index (Phi) is 5.75. The van der Waals surface area contributed by atoms with Gasteiger partial charge in [-0.05, 0) is 24.9 Å². The normalized spacial score (nSPS) is 10.8. The minimum absolute atomic E-state index is 0.320. The molecule has 0 aliphatic heterocycles.